The van der Waals surface area contributed by atoms with Gasteiger partial charge in [-0.15, -0.1) is 0 Å². The molecule has 0 aliphatic carbocycles. The Kier molecular flexibility index (Phi) is 4.12. The molecule has 1 N–H and O–H groups in total. The van der Waals surface area contributed by atoms with Crippen LogP contribution in [0.2, 0.25) is 0 Å². The van der Waals surface area contributed by atoms with E-state index >= 15 is 0 Å². The molecule has 1 atom stereocenters. The Morgan fingerprint density at radius 3 is 2.12 bits per heavy atom. The number of benzene rings is 1. The number of aliphatic hydroxyl groups is 1. The van der Waals surface area contributed by atoms with Crippen LogP contribution >= 0.6 is 0 Å². The molecule has 0 amide bonds. The Hall–Kier alpha value is -1.55. The summed E-state index contributed by atoms with van der Waals surface area (Å²) in [7, 11) is 0. The van der Waals surface area contributed by atoms with E-state index in [1.165, 1.54) is 6.92 Å². The molecule has 0 radical (unpaired) electrons. The molecule has 4 heteroatoms. The third-order valence-corrected chi connectivity index (χ3v) is 2.96. The van der Waals surface area contributed by atoms with E-state index in [2.05, 4.69) is 18.7 Å². The number of carbonyl (C=O) groups is 1. The lowest BCUT2D eigenvalue weighted by Gasteiger charge is -2.26. The summed E-state index contributed by atoms with van der Waals surface area (Å²) in [6.45, 7) is 7.08. The number of hydrogen-bond acceptors (Lipinski definition) is 4. The number of aliphatic carboxylic acids is 1. The highest BCUT2D eigenvalue weighted by molar-refractivity contribution is 5.76. The summed E-state index contributed by atoms with van der Waals surface area (Å²) in [5.41, 5.74) is -0.608. The molecule has 1 rings (SSSR count). The molecule has 0 bridgehead atoms. The van der Waals surface area contributed by atoms with Crippen molar-refractivity contribution in [2.75, 3.05) is 18.0 Å². The molecule has 17 heavy (non-hydrogen) atoms. The van der Waals surface area contributed by atoms with Crippen molar-refractivity contribution in [3.05, 3.63) is 29.8 Å². The molecular formula is C13H18NO3-. The molecule has 0 heterocycles. The summed E-state index contributed by atoms with van der Waals surface area (Å²) in [4.78, 5) is 12.9. The zero-order valence-electron chi connectivity index (χ0n) is 10.4. The lowest BCUT2D eigenvalue weighted by molar-refractivity contribution is -0.324. The topological polar surface area (TPSA) is 63.6 Å². The van der Waals surface area contributed by atoms with Crippen molar-refractivity contribution in [3.8, 4) is 0 Å². The molecule has 0 saturated carbocycles. The van der Waals surface area contributed by atoms with Gasteiger partial charge in [-0.1, -0.05) is 12.1 Å². The molecule has 4 nitrogen and oxygen atoms in total. The fourth-order valence-corrected chi connectivity index (χ4v) is 1.70. The maximum Gasteiger partial charge on any atom is 0.126 e. The molecule has 94 valence electrons. The Morgan fingerprint density at radius 2 is 1.76 bits per heavy atom. The van der Waals surface area contributed by atoms with E-state index in [1.54, 1.807) is 24.3 Å². The van der Waals surface area contributed by atoms with E-state index in [0.29, 0.717) is 5.56 Å². The average molecular weight is 236 g/mol. The summed E-state index contributed by atoms with van der Waals surface area (Å²) in [5, 5.41) is 20.5. The quantitative estimate of drug-likeness (QED) is 0.808. The van der Waals surface area contributed by atoms with Gasteiger partial charge in [0.05, 0.1) is 5.97 Å². The lowest BCUT2D eigenvalue weighted by atomic mass is 9.96. The van der Waals surface area contributed by atoms with E-state index in [9.17, 15) is 15.0 Å². The van der Waals surface area contributed by atoms with Crippen LogP contribution in [0.1, 0.15) is 26.3 Å². The number of rotatable bonds is 5. The molecule has 0 aromatic heterocycles. The largest absolute Gasteiger partial charge is 0.547 e. The van der Waals surface area contributed by atoms with Crippen LogP contribution < -0.4 is 10.0 Å². The van der Waals surface area contributed by atoms with E-state index < -0.39 is 11.6 Å². The van der Waals surface area contributed by atoms with Crippen LogP contribution in [0, 0.1) is 0 Å². The van der Waals surface area contributed by atoms with E-state index in [4.69, 9.17) is 0 Å². The van der Waals surface area contributed by atoms with Crippen molar-refractivity contribution in [1.82, 2.24) is 0 Å². The van der Waals surface area contributed by atoms with Crippen LogP contribution in [-0.2, 0) is 10.4 Å². The number of hydrogen-bond donors (Lipinski definition) is 1. The third kappa shape index (κ3) is 2.77. The highest BCUT2D eigenvalue weighted by Crippen LogP contribution is 2.23. The number of nitrogens with zero attached hydrogens (tertiary/aromatic N) is 1. The first kappa shape index (κ1) is 13.5. The van der Waals surface area contributed by atoms with Gasteiger partial charge in [0.15, 0.2) is 0 Å². The van der Waals surface area contributed by atoms with Crippen molar-refractivity contribution < 1.29 is 15.0 Å². The number of carboxylic acid groups (broad SMARTS) is 1. The second-order valence-electron chi connectivity index (χ2n) is 4.08. The number of carbonyl (C=O) groups excluding carboxylic acids is 1. The van der Waals surface area contributed by atoms with Gasteiger partial charge >= 0.3 is 0 Å². The molecule has 0 aliphatic heterocycles. The molecule has 0 saturated heterocycles. The number of anilines is 1. The van der Waals surface area contributed by atoms with Gasteiger partial charge in [-0.25, -0.2) is 0 Å². The van der Waals surface area contributed by atoms with Crippen LogP contribution in [0.4, 0.5) is 5.69 Å². The third-order valence-electron chi connectivity index (χ3n) is 2.96. The normalized spacial score (nSPS) is 14.1. The van der Waals surface area contributed by atoms with Gasteiger partial charge < -0.3 is 19.9 Å². The van der Waals surface area contributed by atoms with Crippen molar-refractivity contribution in [3.63, 3.8) is 0 Å². The monoisotopic (exact) mass is 236 g/mol. The maximum atomic E-state index is 10.8. The summed E-state index contributed by atoms with van der Waals surface area (Å²) in [5.74, 6) is -1.49. The Morgan fingerprint density at radius 1 is 1.29 bits per heavy atom. The fraction of sp³-hybridized carbons (Fsp3) is 0.462. The highest BCUT2D eigenvalue weighted by atomic mass is 16.4. The van der Waals surface area contributed by atoms with Gasteiger partial charge in [-0.3, -0.25) is 0 Å². The summed E-state index contributed by atoms with van der Waals surface area (Å²) in [6.07, 6.45) is 0. The minimum Gasteiger partial charge on any atom is -0.547 e. The first-order chi connectivity index (χ1) is 7.93. The van der Waals surface area contributed by atoms with Crippen molar-refractivity contribution in [1.29, 1.82) is 0 Å². The molecule has 0 fully saturated rings. The smallest absolute Gasteiger partial charge is 0.126 e. The predicted octanol–water partition coefficient (Wildman–Crippen LogP) is 0.490. The van der Waals surface area contributed by atoms with Crippen LogP contribution in [0.3, 0.4) is 0 Å². The molecule has 1 aromatic carbocycles. The zero-order valence-corrected chi connectivity index (χ0v) is 10.4. The van der Waals surface area contributed by atoms with Crippen LogP contribution in [-0.4, -0.2) is 24.2 Å². The van der Waals surface area contributed by atoms with Gasteiger partial charge in [0, 0.05) is 18.8 Å². The summed E-state index contributed by atoms with van der Waals surface area (Å²) in [6, 6.07) is 6.84. The van der Waals surface area contributed by atoms with E-state index in [-0.39, 0.29) is 0 Å². The highest BCUT2D eigenvalue weighted by Gasteiger charge is 2.24. The van der Waals surface area contributed by atoms with Crippen LogP contribution in [0.25, 0.3) is 0 Å². The zero-order chi connectivity index (χ0) is 13.1. The van der Waals surface area contributed by atoms with Crippen LogP contribution in [0.5, 0.6) is 0 Å². The summed E-state index contributed by atoms with van der Waals surface area (Å²) >= 11 is 0. The minimum absolute atomic E-state index is 0.327. The molecule has 0 aliphatic rings. The predicted molar refractivity (Wildman–Crippen MR) is 64.6 cm³/mol. The average Bonchev–Trinajstić information content (AvgIpc) is 2.31. The van der Waals surface area contributed by atoms with Crippen molar-refractivity contribution >= 4 is 11.7 Å². The second kappa shape index (κ2) is 5.19. The first-order valence-electron chi connectivity index (χ1n) is 5.72. The maximum absolute atomic E-state index is 10.8. The minimum atomic E-state index is -1.94. The van der Waals surface area contributed by atoms with Gasteiger partial charge in [0.1, 0.15) is 5.60 Å². The molecule has 1 unspecified atom stereocenters. The summed E-state index contributed by atoms with van der Waals surface area (Å²) < 4.78 is 0. The van der Waals surface area contributed by atoms with E-state index in [1.807, 2.05) is 0 Å². The number of carboxylic acids is 1. The molecule has 0 spiro atoms. The van der Waals surface area contributed by atoms with Gasteiger partial charge in [0.2, 0.25) is 0 Å². The SMILES string of the molecule is CCN(CC)c1ccc(C(C)(O)C(=O)[O-])cc1. The van der Waals surface area contributed by atoms with Crippen molar-refractivity contribution in [2.24, 2.45) is 0 Å². The second-order valence-corrected chi connectivity index (χ2v) is 4.08. The lowest BCUT2D eigenvalue weighted by Crippen LogP contribution is -2.43. The standard InChI is InChI=1S/C13H19NO3/c1-4-14(5-2)11-8-6-10(7-9-11)13(3,17)12(15)16/h6-9,17H,4-5H2,1-3H3,(H,15,16)/p-1. The van der Waals surface area contributed by atoms with Gasteiger partial charge in [-0.2, -0.15) is 0 Å². The Labute approximate surface area is 101 Å². The van der Waals surface area contributed by atoms with Crippen LogP contribution in [0.15, 0.2) is 24.3 Å². The van der Waals surface area contributed by atoms with Crippen molar-refractivity contribution in [2.45, 2.75) is 26.4 Å². The first-order valence-corrected chi connectivity index (χ1v) is 5.72. The molecular weight excluding hydrogens is 218 g/mol. The van der Waals surface area contributed by atoms with E-state index in [0.717, 1.165) is 18.8 Å². The van der Waals surface area contributed by atoms with Gasteiger partial charge in [-0.05, 0) is 38.5 Å². The Balaban J connectivity index is 2.99. The molecule has 1 aromatic rings. The van der Waals surface area contributed by atoms with Gasteiger partial charge in [0.25, 0.3) is 0 Å². The Bertz CT molecular complexity index is 380. The fourth-order valence-electron chi connectivity index (χ4n) is 1.70.